The van der Waals surface area contributed by atoms with Crippen LogP contribution in [0.3, 0.4) is 0 Å². The van der Waals surface area contributed by atoms with E-state index in [1.54, 1.807) is 22.6 Å². The number of nitrogens with zero attached hydrogens (tertiary/aromatic N) is 1. The third kappa shape index (κ3) is 4.56. The van der Waals surface area contributed by atoms with Gasteiger partial charge < -0.3 is 9.84 Å². The Morgan fingerprint density at radius 3 is 2.43 bits per heavy atom. The molecule has 0 radical (unpaired) electrons. The summed E-state index contributed by atoms with van der Waals surface area (Å²) in [7, 11) is -5.93. The van der Waals surface area contributed by atoms with Crippen molar-refractivity contribution in [1.82, 2.24) is 0 Å². The Bertz CT molecular complexity index is 699. The Morgan fingerprint density at radius 1 is 1.38 bits per heavy atom. The zero-order valence-electron chi connectivity index (χ0n) is 10.1. The molecule has 116 valence electrons. The van der Waals surface area contributed by atoms with Crippen molar-refractivity contribution in [2.24, 2.45) is 4.40 Å². The summed E-state index contributed by atoms with van der Waals surface area (Å²) in [6.45, 7) is 1.09. The van der Waals surface area contributed by atoms with Gasteiger partial charge in [-0.1, -0.05) is 6.07 Å². The van der Waals surface area contributed by atoms with Gasteiger partial charge in [0.25, 0.3) is 0 Å². The molecule has 0 aliphatic carbocycles. The summed E-state index contributed by atoms with van der Waals surface area (Å²) in [4.78, 5) is 10.8. The molecule has 0 atom stereocenters. The molecule has 11 heteroatoms. The molecular weight excluding hydrogens is 430 g/mol. The second-order valence-corrected chi connectivity index (χ2v) is 6.31. The van der Waals surface area contributed by atoms with Crippen LogP contribution < -0.4 is 9.84 Å². The van der Waals surface area contributed by atoms with Crippen LogP contribution >= 0.6 is 22.6 Å². The van der Waals surface area contributed by atoms with Crippen LogP contribution in [-0.2, 0) is 14.8 Å². The van der Waals surface area contributed by atoms with Crippen molar-refractivity contribution in [3.05, 3.63) is 27.3 Å². The van der Waals surface area contributed by atoms with Gasteiger partial charge in [0.15, 0.2) is 0 Å². The number of carbonyl (C=O) groups excluding carboxylic acids is 1. The van der Waals surface area contributed by atoms with Crippen LogP contribution in [0.4, 0.5) is 13.2 Å². The summed E-state index contributed by atoms with van der Waals surface area (Å²) in [6, 6.07) is 3.26. The summed E-state index contributed by atoms with van der Waals surface area (Å²) < 4.78 is 65.2. The summed E-state index contributed by atoms with van der Waals surface area (Å²) in [5.41, 5.74) is -6.12. The minimum absolute atomic E-state index is 0.0893. The molecule has 0 bridgehead atoms. The lowest BCUT2D eigenvalue weighted by Crippen LogP contribution is -2.27. The molecule has 0 N–H and O–H groups in total. The lowest BCUT2D eigenvalue weighted by Gasteiger charge is -2.13. The molecule has 0 unspecified atom stereocenters. The van der Waals surface area contributed by atoms with Gasteiger partial charge in [-0.15, -0.1) is 0 Å². The molecule has 21 heavy (non-hydrogen) atoms. The van der Waals surface area contributed by atoms with Crippen LogP contribution in [0, 0.1) is 3.57 Å². The number of carbonyl (C=O) groups is 1. The van der Waals surface area contributed by atoms with E-state index in [9.17, 15) is 31.5 Å². The molecule has 0 heterocycles. The standard InChI is InChI=1S/C10H7F3INO5S/c1-5(16)20-8-4-6(2-3-7(8)14)9(17)15-21(18,19)10(11,12)13/h2-4H,1H3,(H,15,17)/p-1. The summed E-state index contributed by atoms with van der Waals surface area (Å²) in [5.74, 6) is -2.41. The quantitative estimate of drug-likeness (QED) is 0.233. The molecule has 0 aliphatic rings. The van der Waals surface area contributed by atoms with E-state index in [1.807, 2.05) is 0 Å². The number of ether oxygens (including phenoxy) is 1. The van der Waals surface area contributed by atoms with Crippen molar-refractivity contribution >= 4 is 44.5 Å². The molecule has 0 aromatic heterocycles. The number of alkyl halides is 3. The van der Waals surface area contributed by atoms with Gasteiger partial charge >= 0.3 is 21.5 Å². The van der Waals surface area contributed by atoms with Crippen molar-refractivity contribution in [2.75, 3.05) is 0 Å². The number of benzene rings is 1. The van der Waals surface area contributed by atoms with Gasteiger partial charge in [-0.3, -0.25) is 4.79 Å². The maximum absolute atomic E-state index is 12.1. The lowest BCUT2D eigenvalue weighted by atomic mass is 10.2. The van der Waals surface area contributed by atoms with Crippen LogP contribution in [0.15, 0.2) is 22.6 Å². The highest BCUT2D eigenvalue weighted by Crippen LogP contribution is 2.26. The molecular formula is C10H6F3INO5S-. The second kappa shape index (κ2) is 6.17. The normalized spacial score (nSPS) is 13.1. The first-order valence-electron chi connectivity index (χ1n) is 5.00. The van der Waals surface area contributed by atoms with Gasteiger partial charge in [0, 0.05) is 12.8 Å². The van der Waals surface area contributed by atoms with Crippen molar-refractivity contribution in [1.29, 1.82) is 0 Å². The number of hydrogen-bond donors (Lipinski definition) is 0. The van der Waals surface area contributed by atoms with Gasteiger partial charge in [-0.2, -0.15) is 26.0 Å². The van der Waals surface area contributed by atoms with Gasteiger partial charge in [-0.25, -0.2) is 0 Å². The molecule has 0 fully saturated rings. The first-order valence-corrected chi connectivity index (χ1v) is 7.52. The van der Waals surface area contributed by atoms with Crippen LogP contribution in [0.5, 0.6) is 5.75 Å². The Labute approximate surface area is 130 Å². The molecule has 1 aromatic carbocycles. The van der Waals surface area contributed by atoms with Gasteiger partial charge in [0.2, 0.25) is 0 Å². The first-order chi connectivity index (χ1) is 9.44. The van der Waals surface area contributed by atoms with Crippen LogP contribution in [-0.4, -0.2) is 25.8 Å². The van der Waals surface area contributed by atoms with Gasteiger partial charge in [0.05, 0.1) is 3.57 Å². The van der Waals surface area contributed by atoms with E-state index in [0.29, 0.717) is 3.57 Å². The third-order valence-electron chi connectivity index (χ3n) is 1.93. The van der Waals surface area contributed by atoms with E-state index in [-0.39, 0.29) is 5.75 Å². The van der Waals surface area contributed by atoms with Crippen molar-refractivity contribution in [2.45, 2.75) is 12.4 Å². The largest absolute Gasteiger partial charge is 0.858 e. The van der Waals surface area contributed by atoms with E-state index in [0.717, 1.165) is 19.1 Å². The summed E-state index contributed by atoms with van der Waals surface area (Å²) >= 11 is 1.76. The smallest absolute Gasteiger partial charge is 0.518 e. The maximum Gasteiger partial charge on any atom is 0.518 e. The van der Waals surface area contributed by atoms with Crippen LogP contribution in [0.25, 0.3) is 0 Å². The van der Waals surface area contributed by atoms with E-state index < -0.39 is 33.0 Å². The number of hydrogen-bond acceptors (Lipinski definition) is 5. The number of esters is 1. The van der Waals surface area contributed by atoms with Gasteiger partial charge in [-0.05, 0) is 40.3 Å². The predicted molar refractivity (Wildman–Crippen MR) is 72.0 cm³/mol. The zero-order chi connectivity index (χ0) is 16.4. The molecule has 1 aromatic rings. The van der Waals surface area contributed by atoms with Crippen molar-refractivity contribution < 1.29 is 36.2 Å². The highest BCUT2D eigenvalue weighted by molar-refractivity contribution is 14.1. The van der Waals surface area contributed by atoms with Crippen molar-refractivity contribution in [3.8, 4) is 5.75 Å². The van der Waals surface area contributed by atoms with Gasteiger partial charge in [0.1, 0.15) is 5.75 Å². The predicted octanol–water partition coefficient (Wildman–Crippen LogP) is 1.17. The maximum atomic E-state index is 12.1. The lowest BCUT2D eigenvalue weighted by molar-refractivity contribution is -0.212. The highest BCUT2D eigenvalue weighted by atomic mass is 127. The summed E-state index contributed by atoms with van der Waals surface area (Å²) in [5, 5.41) is 11.5. The number of sulfonamides is 1. The molecule has 0 spiro atoms. The number of rotatable bonds is 3. The zero-order valence-corrected chi connectivity index (χ0v) is 13.1. The van der Waals surface area contributed by atoms with E-state index in [4.69, 9.17) is 4.74 Å². The van der Waals surface area contributed by atoms with E-state index in [2.05, 4.69) is 4.40 Å². The molecule has 0 amide bonds. The first kappa shape index (κ1) is 17.7. The molecule has 0 aliphatic heterocycles. The minimum atomic E-state index is -5.93. The molecule has 0 saturated heterocycles. The SMILES string of the molecule is CC(=O)Oc1cc(/C([O-])=N/S(=O)(=O)C(F)(F)F)ccc1I. The third-order valence-corrected chi connectivity index (χ3v) is 3.81. The van der Waals surface area contributed by atoms with E-state index >= 15 is 0 Å². The Morgan fingerprint density at radius 2 is 1.95 bits per heavy atom. The average molecular weight is 436 g/mol. The fourth-order valence-electron chi connectivity index (χ4n) is 1.08. The highest BCUT2D eigenvalue weighted by Gasteiger charge is 2.45. The molecule has 0 saturated carbocycles. The topological polar surface area (TPSA) is 95.9 Å². The monoisotopic (exact) mass is 436 g/mol. The average Bonchev–Trinajstić information content (AvgIpc) is 2.29. The summed E-state index contributed by atoms with van der Waals surface area (Å²) in [6.07, 6.45) is 0. The molecule has 6 nitrogen and oxygen atoms in total. The fourth-order valence-corrected chi connectivity index (χ4v) is 1.96. The second-order valence-electron chi connectivity index (χ2n) is 3.56. The Hall–Kier alpha value is -1.37. The molecule has 1 rings (SSSR count). The fraction of sp³-hybridized carbons (Fsp3) is 0.200. The van der Waals surface area contributed by atoms with Crippen LogP contribution in [0.1, 0.15) is 12.5 Å². The Kier molecular flexibility index (Phi) is 5.20. The van der Waals surface area contributed by atoms with E-state index in [1.165, 1.54) is 6.07 Å². The minimum Gasteiger partial charge on any atom is -0.858 e. The van der Waals surface area contributed by atoms with Crippen molar-refractivity contribution in [3.63, 3.8) is 0 Å². The Balaban J connectivity index is 3.26. The number of halogens is 4. The van der Waals surface area contributed by atoms with Crippen LogP contribution in [0.2, 0.25) is 0 Å².